The molecule has 1 aromatic carbocycles. The third-order valence-corrected chi connectivity index (χ3v) is 2.75. The Hall–Kier alpha value is -1.22. The van der Waals surface area contributed by atoms with Crippen LogP contribution >= 0.6 is 0 Å². The zero-order chi connectivity index (χ0) is 11.1. The molecular formula is C12H18O2Si. The van der Waals surface area contributed by atoms with Crippen molar-refractivity contribution in [3.63, 3.8) is 0 Å². The Bertz CT molecular complexity index is 320. The van der Waals surface area contributed by atoms with E-state index in [0.29, 0.717) is 13.2 Å². The summed E-state index contributed by atoms with van der Waals surface area (Å²) in [6.45, 7) is 5.35. The fraction of sp³-hybridized carbons (Fsp3) is 0.333. The molecule has 0 spiro atoms. The average Bonchev–Trinajstić information content (AvgIpc) is 2.27. The van der Waals surface area contributed by atoms with Crippen molar-refractivity contribution in [1.82, 2.24) is 0 Å². The van der Waals surface area contributed by atoms with Crippen LogP contribution in [-0.2, 0) is 9.47 Å². The fourth-order valence-corrected chi connectivity index (χ4v) is 2.13. The van der Waals surface area contributed by atoms with E-state index >= 15 is 0 Å². The van der Waals surface area contributed by atoms with Crippen molar-refractivity contribution in [3.8, 4) is 0 Å². The smallest absolute Gasteiger partial charge is 0.157 e. The third-order valence-electron chi connectivity index (χ3n) is 2.01. The minimum atomic E-state index is 0.670. The van der Waals surface area contributed by atoms with E-state index in [1.165, 1.54) is 0 Å². The first-order valence-electron chi connectivity index (χ1n) is 5.31. The second-order valence-electron chi connectivity index (χ2n) is 3.12. The fourth-order valence-electron chi connectivity index (χ4n) is 1.40. The molecule has 0 atom stereocenters. The highest BCUT2D eigenvalue weighted by Crippen LogP contribution is 2.19. The van der Waals surface area contributed by atoms with Gasteiger partial charge in [-0.15, -0.1) is 0 Å². The van der Waals surface area contributed by atoms with Gasteiger partial charge in [-0.3, -0.25) is 0 Å². The van der Waals surface area contributed by atoms with Crippen LogP contribution in [-0.4, -0.2) is 23.5 Å². The highest BCUT2D eigenvalue weighted by molar-refractivity contribution is 6.23. The van der Waals surface area contributed by atoms with Crippen LogP contribution < -0.4 is 0 Å². The molecule has 2 nitrogen and oxygen atoms in total. The minimum absolute atomic E-state index is 0.670. The molecule has 0 bridgehead atoms. The van der Waals surface area contributed by atoms with Gasteiger partial charge in [-0.25, -0.2) is 0 Å². The molecule has 0 radical (unpaired) electrons. The van der Waals surface area contributed by atoms with Crippen LogP contribution in [0.25, 0.3) is 5.76 Å². The van der Waals surface area contributed by atoms with E-state index in [2.05, 4.69) is 0 Å². The van der Waals surface area contributed by atoms with Crippen molar-refractivity contribution in [2.24, 2.45) is 0 Å². The van der Waals surface area contributed by atoms with E-state index in [1.54, 1.807) is 0 Å². The van der Waals surface area contributed by atoms with Crippen molar-refractivity contribution in [1.29, 1.82) is 0 Å². The van der Waals surface area contributed by atoms with Gasteiger partial charge in [0.15, 0.2) is 5.76 Å². The molecule has 0 unspecified atom stereocenters. The molecule has 0 saturated heterocycles. The predicted octanol–water partition coefficient (Wildman–Crippen LogP) is 1.75. The highest BCUT2D eigenvalue weighted by atomic mass is 28.1. The average molecular weight is 222 g/mol. The van der Waals surface area contributed by atoms with E-state index < -0.39 is 0 Å². The Morgan fingerprint density at radius 1 is 1.07 bits per heavy atom. The number of hydrogen-bond donors (Lipinski definition) is 0. The molecule has 0 amide bonds. The molecule has 0 aliphatic rings. The maximum Gasteiger partial charge on any atom is 0.157 e. The molecule has 0 aliphatic heterocycles. The van der Waals surface area contributed by atoms with Crippen LogP contribution in [0.15, 0.2) is 35.7 Å². The molecule has 82 valence electrons. The monoisotopic (exact) mass is 222 g/mol. The molecule has 0 aromatic heterocycles. The van der Waals surface area contributed by atoms with E-state index in [9.17, 15) is 0 Å². The lowest BCUT2D eigenvalue weighted by molar-refractivity contribution is 0.228. The van der Waals surface area contributed by atoms with Crippen LogP contribution in [0.3, 0.4) is 0 Å². The van der Waals surface area contributed by atoms with Crippen molar-refractivity contribution < 1.29 is 9.47 Å². The molecular weight excluding hydrogens is 204 g/mol. The first kappa shape index (κ1) is 11.8. The minimum Gasteiger partial charge on any atom is -0.501 e. The largest absolute Gasteiger partial charge is 0.501 e. The summed E-state index contributed by atoms with van der Waals surface area (Å²) in [5, 5.41) is 0.977. The second kappa shape index (κ2) is 6.30. The molecule has 15 heavy (non-hydrogen) atoms. The number of rotatable bonds is 5. The summed E-state index contributed by atoms with van der Waals surface area (Å²) in [6.07, 6.45) is 0. The predicted molar refractivity (Wildman–Crippen MR) is 66.6 cm³/mol. The Labute approximate surface area is 94.3 Å². The maximum atomic E-state index is 5.63. The summed E-state index contributed by atoms with van der Waals surface area (Å²) >= 11 is 0. The quantitative estimate of drug-likeness (QED) is 0.558. The topological polar surface area (TPSA) is 18.5 Å². The molecule has 0 heterocycles. The Morgan fingerprint density at radius 3 is 2.20 bits per heavy atom. The summed E-state index contributed by atoms with van der Waals surface area (Å²) < 4.78 is 11.2. The molecule has 1 aromatic rings. The summed E-state index contributed by atoms with van der Waals surface area (Å²) in [4.78, 5) is 0. The van der Waals surface area contributed by atoms with Gasteiger partial charge in [-0.2, -0.15) is 0 Å². The summed E-state index contributed by atoms with van der Waals surface area (Å²) in [5.74, 6) is 0.895. The van der Waals surface area contributed by atoms with E-state index in [0.717, 1.165) is 26.9 Å². The Morgan fingerprint density at radius 2 is 1.67 bits per heavy atom. The van der Waals surface area contributed by atoms with Crippen LogP contribution in [0.5, 0.6) is 0 Å². The first-order chi connectivity index (χ1) is 7.29. The van der Waals surface area contributed by atoms with Gasteiger partial charge in [-0.05, 0) is 13.8 Å². The van der Waals surface area contributed by atoms with Crippen molar-refractivity contribution in [2.75, 3.05) is 13.2 Å². The lowest BCUT2D eigenvalue weighted by Crippen LogP contribution is -2.01. The SMILES string of the molecule is CCOC([SiH3])=C(OCC)c1ccccc1. The van der Waals surface area contributed by atoms with Crippen molar-refractivity contribution in [2.45, 2.75) is 13.8 Å². The lowest BCUT2D eigenvalue weighted by atomic mass is 10.2. The molecule has 0 saturated carbocycles. The zero-order valence-corrected chi connectivity index (χ0v) is 11.6. The summed E-state index contributed by atoms with van der Waals surface area (Å²) in [7, 11) is 0.863. The lowest BCUT2D eigenvalue weighted by Gasteiger charge is -2.13. The number of hydrogen-bond acceptors (Lipinski definition) is 2. The van der Waals surface area contributed by atoms with Gasteiger partial charge in [-0.1, -0.05) is 30.3 Å². The molecule has 3 heteroatoms. The van der Waals surface area contributed by atoms with Crippen molar-refractivity contribution in [3.05, 3.63) is 41.3 Å². The van der Waals surface area contributed by atoms with Crippen LogP contribution in [0.4, 0.5) is 0 Å². The van der Waals surface area contributed by atoms with Crippen LogP contribution in [0.1, 0.15) is 19.4 Å². The van der Waals surface area contributed by atoms with E-state index in [4.69, 9.17) is 9.47 Å². The van der Waals surface area contributed by atoms with Gasteiger partial charge in [0.05, 0.1) is 23.5 Å². The normalized spacial score (nSPS) is 12.1. The third kappa shape index (κ3) is 3.44. The Kier molecular flexibility index (Phi) is 4.97. The molecule has 0 fully saturated rings. The highest BCUT2D eigenvalue weighted by Gasteiger charge is 2.06. The van der Waals surface area contributed by atoms with E-state index in [1.807, 2.05) is 44.2 Å². The maximum absolute atomic E-state index is 5.63. The second-order valence-corrected chi connectivity index (χ2v) is 4.03. The van der Waals surface area contributed by atoms with Crippen molar-refractivity contribution >= 4 is 16.0 Å². The van der Waals surface area contributed by atoms with Crippen LogP contribution in [0, 0.1) is 0 Å². The summed E-state index contributed by atoms with van der Waals surface area (Å²) in [5.41, 5.74) is 1.10. The van der Waals surface area contributed by atoms with Gasteiger partial charge in [0.2, 0.25) is 0 Å². The van der Waals surface area contributed by atoms with Gasteiger partial charge in [0, 0.05) is 5.56 Å². The van der Waals surface area contributed by atoms with E-state index in [-0.39, 0.29) is 0 Å². The summed E-state index contributed by atoms with van der Waals surface area (Å²) in [6, 6.07) is 10.1. The molecule has 0 aliphatic carbocycles. The van der Waals surface area contributed by atoms with Gasteiger partial charge < -0.3 is 9.47 Å². The van der Waals surface area contributed by atoms with Gasteiger partial charge >= 0.3 is 0 Å². The number of ether oxygens (including phenoxy) is 2. The number of benzene rings is 1. The molecule has 1 rings (SSSR count). The Balaban J connectivity index is 2.97. The first-order valence-corrected chi connectivity index (χ1v) is 6.31. The molecule has 0 N–H and O–H groups in total. The zero-order valence-electron chi connectivity index (χ0n) is 9.62. The van der Waals surface area contributed by atoms with Gasteiger partial charge in [0.25, 0.3) is 0 Å². The van der Waals surface area contributed by atoms with Gasteiger partial charge in [0.1, 0.15) is 5.38 Å². The standard InChI is InChI=1S/C12H18O2Si/c1-3-13-11(12(15)14-4-2)10-8-6-5-7-9-10/h5-9H,3-4H2,1-2,15H3. The van der Waals surface area contributed by atoms with Crippen LogP contribution in [0.2, 0.25) is 0 Å².